The molecule has 0 aliphatic carbocycles. The van der Waals surface area contributed by atoms with Crippen LogP contribution < -0.4 is 11.1 Å². The van der Waals surface area contributed by atoms with Gasteiger partial charge in [-0.05, 0) is 55.0 Å². The molecule has 7 heteroatoms. The molecule has 34 heavy (non-hydrogen) atoms. The second-order valence-corrected chi connectivity index (χ2v) is 9.07. The smallest absolute Gasteiger partial charge is 0.334 e. The molecule has 0 aliphatic heterocycles. The summed E-state index contributed by atoms with van der Waals surface area (Å²) in [4.78, 5) is 15.9. The highest BCUT2D eigenvalue weighted by atomic mass is 16.6. The minimum absolute atomic E-state index is 0.111. The molecule has 0 fully saturated rings. The van der Waals surface area contributed by atoms with Gasteiger partial charge in [-0.15, -0.1) is 0 Å². The van der Waals surface area contributed by atoms with Crippen molar-refractivity contribution in [3.8, 4) is 0 Å². The van der Waals surface area contributed by atoms with Crippen LogP contribution in [-0.2, 0) is 12.8 Å². The van der Waals surface area contributed by atoms with Gasteiger partial charge in [-0.2, -0.15) is 0 Å². The van der Waals surface area contributed by atoms with Crippen LogP contribution in [0.2, 0.25) is 0 Å². The van der Waals surface area contributed by atoms with Gasteiger partial charge in [0, 0.05) is 11.9 Å². The van der Waals surface area contributed by atoms with Gasteiger partial charge in [-0.1, -0.05) is 66.7 Å². The lowest BCUT2D eigenvalue weighted by Crippen LogP contribution is -2.29. The maximum absolute atomic E-state index is 12.0. The number of nitrogens with two attached hydrogens (primary N) is 1. The van der Waals surface area contributed by atoms with Gasteiger partial charge in [0.25, 0.3) is 0 Å². The molecule has 3 aromatic carbocycles. The number of nitrogens with one attached hydrogen (secondary N) is 1. The summed E-state index contributed by atoms with van der Waals surface area (Å²) < 4.78 is 0. The molecule has 0 bridgehead atoms. The van der Waals surface area contributed by atoms with Crippen molar-refractivity contribution in [3.05, 3.63) is 105 Å². The van der Waals surface area contributed by atoms with Crippen molar-refractivity contribution in [3.63, 3.8) is 0 Å². The molecular formula is C27H28N4O3. The second kappa shape index (κ2) is 9.49. The fourth-order valence-corrected chi connectivity index (χ4v) is 4.12. The first kappa shape index (κ1) is 23.2. The van der Waals surface area contributed by atoms with Gasteiger partial charge in [0.2, 0.25) is 5.82 Å². The molecule has 0 saturated carbocycles. The lowest BCUT2D eigenvalue weighted by Gasteiger charge is -2.22. The maximum atomic E-state index is 12.0. The number of hydrogen-bond acceptors (Lipinski definition) is 6. The standard InChI is InChI=1S/C27H28N4O3/c1-27(2,32)17-29-24-23-21(16-19-11-7-4-8-12-19)20(15-18-9-5-3-6-10-18)13-14-22(23)30-26(28)25(24)31(33)34/h3-14,32H,15-17H2,1-2H3,(H3,28,29,30). The number of nitrogens with zero attached hydrogens (tertiary/aromatic N) is 2. The van der Waals surface area contributed by atoms with E-state index in [1.165, 1.54) is 0 Å². The number of anilines is 2. The summed E-state index contributed by atoms with van der Waals surface area (Å²) in [5.41, 5.74) is 9.75. The van der Waals surface area contributed by atoms with E-state index in [0.29, 0.717) is 23.7 Å². The number of benzene rings is 3. The molecule has 4 N–H and O–H groups in total. The number of hydrogen-bond donors (Lipinski definition) is 3. The largest absolute Gasteiger partial charge is 0.389 e. The van der Waals surface area contributed by atoms with Crippen molar-refractivity contribution in [2.24, 2.45) is 0 Å². The van der Waals surface area contributed by atoms with Gasteiger partial charge >= 0.3 is 5.69 Å². The number of nitro groups is 1. The zero-order valence-electron chi connectivity index (χ0n) is 19.3. The van der Waals surface area contributed by atoms with Crippen molar-refractivity contribution in [1.82, 2.24) is 4.98 Å². The monoisotopic (exact) mass is 456 g/mol. The van der Waals surface area contributed by atoms with Crippen LogP contribution in [0.1, 0.15) is 36.1 Å². The Balaban J connectivity index is 1.99. The van der Waals surface area contributed by atoms with Gasteiger partial charge in [0.15, 0.2) is 0 Å². The van der Waals surface area contributed by atoms with Crippen LogP contribution in [0.5, 0.6) is 0 Å². The van der Waals surface area contributed by atoms with Crippen LogP contribution >= 0.6 is 0 Å². The molecule has 0 spiro atoms. The van der Waals surface area contributed by atoms with Crippen molar-refractivity contribution < 1.29 is 10.0 Å². The minimum atomic E-state index is -1.08. The number of pyridine rings is 1. The highest BCUT2D eigenvalue weighted by Crippen LogP contribution is 2.40. The topological polar surface area (TPSA) is 114 Å². The summed E-state index contributed by atoms with van der Waals surface area (Å²) >= 11 is 0. The van der Waals surface area contributed by atoms with Gasteiger partial charge in [-0.3, -0.25) is 10.1 Å². The van der Waals surface area contributed by atoms with E-state index in [-0.39, 0.29) is 23.7 Å². The van der Waals surface area contributed by atoms with Crippen molar-refractivity contribution >= 4 is 28.1 Å². The number of nitrogen functional groups attached to an aromatic ring is 1. The lowest BCUT2D eigenvalue weighted by atomic mass is 9.90. The predicted octanol–water partition coefficient (Wildman–Crippen LogP) is 5.09. The van der Waals surface area contributed by atoms with E-state index >= 15 is 0 Å². The van der Waals surface area contributed by atoms with E-state index in [1.54, 1.807) is 13.8 Å². The molecular weight excluding hydrogens is 428 g/mol. The predicted molar refractivity (Wildman–Crippen MR) is 136 cm³/mol. The van der Waals surface area contributed by atoms with Crippen molar-refractivity contribution in [2.45, 2.75) is 32.3 Å². The average Bonchev–Trinajstić information content (AvgIpc) is 2.79. The highest BCUT2D eigenvalue weighted by molar-refractivity contribution is 6.02. The number of rotatable bonds is 8. The van der Waals surface area contributed by atoms with Crippen LogP contribution in [0.25, 0.3) is 10.9 Å². The minimum Gasteiger partial charge on any atom is -0.389 e. The molecule has 1 heterocycles. The van der Waals surface area contributed by atoms with Gasteiger partial charge in [0.05, 0.1) is 16.0 Å². The molecule has 0 atom stereocenters. The maximum Gasteiger partial charge on any atom is 0.334 e. The molecule has 7 nitrogen and oxygen atoms in total. The fourth-order valence-electron chi connectivity index (χ4n) is 4.12. The Morgan fingerprint density at radius 3 is 2.12 bits per heavy atom. The van der Waals surface area contributed by atoms with Gasteiger partial charge in [0.1, 0.15) is 5.69 Å². The zero-order chi connectivity index (χ0) is 24.3. The SMILES string of the molecule is CC(C)(O)CNc1c([N+](=O)[O-])c(N)nc2ccc(Cc3ccccc3)c(Cc3ccccc3)c12. The molecule has 4 rings (SSSR count). The Bertz CT molecular complexity index is 1320. The van der Waals surface area contributed by atoms with Gasteiger partial charge < -0.3 is 16.2 Å². The number of aliphatic hydroxyl groups is 1. The third kappa shape index (κ3) is 5.15. The van der Waals surface area contributed by atoms with Crippen molar-refractivity contribution in [1.29, 1.82) is 0 Å². The Morgan fingerprint density at radius 2 is 1.56 bits per heavy atom. The first-order chi connectivity index (χ1) is 16.2. The first-order valence-corrected chi connectivity index (χ1v) is 11.2. The summed E-state index contributed by atoms with van der Waals surface area (Å²) in [7, 11) is 0. The summed E-state index contributed by atoms with van der Waals surface area (Å²) in [5, 5.41) is 26.1. The first-order valence-electron chi connectivity index (χ1n) is 11.2. The Hall–Kier alpha value is -3.97. The molecule has 0 saturated heterocycles. The van der Waals surface area contributed by atoms with E-state index in [2.05, 4.69) is 22.4 Å². The molecule has 1 aromatic heterocycles. The molecule has 4 aromatic rings. The van der Waals surface area contributed by atoms with E-state index in [1.807, 2.05) is 60.7 Å². The summed E-state index contributed by atoms with van der Waals surface area (Å²) in [5.74, 6) is -0.155. The van der Waals surface area contributed by atoms with E-state index in [0.717, 1.165) is 22.3 Å². The zero-order valence-corrected chi connectivity index (χ0v) is 19.3. The second-order valence-electron chi connectivity index (χ2n) is 9.07. The van der Waals surface area contributed by atoms with Gasteiger partial charge in [-0.25, -0.2) is 4.98 Å². The third-order valence-corrected chi connectivity index (χ3v) is 5.70. The third-order valence-electron chi connectivity index (χ3n) is 5.70. The fraction of sp³-hybridized carbons (Fsp3) is 0.222. The van der Waals surface area contributed by atoms with Crippen LogP contribution in [0.3, 0.4) is 0 Å². The number of aromatic nitrogens is 1. The highest BCUT2D eigenvalue weighted by Gasteiger charge is 2.27. The average molecular weight is 457 g/mol. The molecule has 174 valence electrons. The van der Waals surface area contributed by atoms with Crippen LogP contribution in [0.4, 0.5) is 17.2 Å². The van der Waals surface area contributed by atoms with Crippen molar-refractivity contribution in [2.75, 3.05) is 17.6 Å². The molecule has 0 radical (unpaired) electrons. The Labute approximate surface area is 198 Å². The summed E-state index contributed by atoms with van der Waals surface area (Å²) in [6.07, 6.45) is 1.24. The summed E-state index contributed by atoms with van der Waals surface area (Å²) in [6, 6.07) is 24.0. The quantitative estimate of drug-likeness (QED) is 0.251. The number of fused-ring (bicyclic) bond motifs is 1. The van der Waals surface area contributed by atoms with E-state index in [9.17, 15) is 15.2 Å². The molecule has 0 aliphatic rings. The molecule has 0 unspecified atom stereocenters. The normalized spacial score (nSPS) is 11.5. The summed E-state index contributed by atoms with van der Waals surface area (Å²) in [6.45, 7) is 3.40. The van der Waals surface area contributed by atoms with Crippen LogP contribution in [-0.4, -0.2) is 27.2 Å². The lowest BCUT2D eigenvalue weighted by molar-refractivity contribution is -0.383. The Kier molecular flexibility index (Phi) is 6.47. The van der Waals surface area contributed by atoms with E-state index in [4.69, 9.17) is 5.73 Å². The Morgan fingerprint density at radius 1 is 0.971 bits per heavy atom. The molecule has 0 amide bonds. The van der Waals surface area contributed by atoms with Crippen LogP contribution in [0, 0.1) is 10.1 Å². The van der Waals surface area contributed by atoms with Crippen LogP contribution in [0.15, 0.2) is 72.8 Å². The van der Waals surface area contributed by atoms with E-state index < -0.39 is 10.5 Å².